The van der Waals surface area contributed by atoms with Gasteiger partial charge in [-0.2, -0.15) is 0 Å². The molecule has 4 rings (SSSR count). The first-order valence-electron chi connectivity index (χ1n) is 16.4. The number of methoxy groups -OCH3 is 1. The van der Waals surface area contributed by atoms with Crippen molar-refractivity contribution in [3.63, 3.8) is 0 Å². The Balaban J connectivity index is 1.41. The van der Waals surface area contributed by atoms with Gasteiger partial charge in [-0.1, -0.05) is 59.8 Å². The van der Waals surface area contributed by atoms with Crippen LogP contribution in [-0.4, -0.2) is 83.9 Å². The summed E-state index contributed by atoms with van der Waals surface area (Å²) in [5.41, 5.74) is 0. The Morgan fingerprint density at radius 1 is 1.06 bits per heavy atom. The molecule has 0 N–H and O–H groups in total. The fourth-order valence-electron chi connectivity index (χ4n) is 6.47. The molecule has 3 aliphatic rings. The number of ether oxygens (including phenoxy) is 7. The Morgan fingerprint density at radius 3 is 2.34 bits per heavy atom. The number of carbonyl (C=O) groups is 1. The smallest absolute Gasteiger partial charge is 0.349 e. The van der Waals surface area contributed by atoms with Crippen molar-refractivity contribution < 1.29 is 46.8 Å². The molecule has 11 heteroatoms. The normalized spacial score (nSPS) is 28.8. The van der Waals surface area contributed by atoms with E-state index in [-0.39, 0.29) is 35.5 Å². The molecular formula is C36H54O10Si. The molecule has 1 aromatic rings. The van der Waals surface area contributed by atoms with E-state index in [2.05, 4.69) is 54.2 Å². The lowest BCUT2D eigenvalue weighted by molar-refractivity contribution is -0.176. The number of benzene rings is 1. The number of esters is 1. The van der Waals surface area contributed by atoms with Crippen LogP contribution >= 0.6 is 0 Å². The molecule has 2 fully saturated rings. The predicted octanol–water partition coefficient (Wildman–Crippen LogP) is 6.78. The average molecular weight is 675 g/mol. The highest BCUT2D eigenvalue weighted by atomic mass is 28.4. The van der Waals surface area contributed by atoms with Gasteiger partial charge in [-0.15, -0.1) is 6.58 Å². The van der Waals surface area contributed by atoms with Crippen molar-refractivity contribution in [2.75, 3.05) is 26.9 Å². The molecule has 2 saturated heterocycles. The van der Waals surface area contributed by atoms with Gasteiger partial charge in [0.25, 0.3) is 0 Å². The molecule has 0 spiro atoms. The van der Waals surface area contributed by atoms with Crippen molar-refractivity contribution in [2.45, 2.75) is 121 Å². The third-order valence-electron chi connectivity index (χ3n) is 8.56. The molecule has 0 unspecified atom stereocenters. The van der Waals surface area contributed by atoms with Crippen molar-refractivity contribution in [2.24, 2.45) is 0 Å². The third-order valence-corrected chi connectivity index (χ3v) is 13.7. The van der Waals surface area contributed by atoms with Gasteiger partial charge in [-0.05, 0) is 57.0 Å². The maximum absolute atomic E-state index is 13.2. The fourth-order valence-corrected chi connectivity index (χ4v) is 11.4. The number of rotatable bonds is 11. The fraction of sp³-hybridized carbons (Fsp3) is 0.639. The Morgan fingerprint density at radius 2 is 1.74 bits per heavy atom. The van der Waals surface area contributed by atoms with Crippen molar-refractivity contribution in [1.82, 2.24) is 0 Å². The van der Waals surface area contributed by atoms with Gasteiger partial charge >= 0.3 is 14.5 Å². The molecule has 0 saturated carbocycles. The molecule has 262 valence electrons. The minimum Gasteiger partial charge on any atom is -0.497 e. The van der Waals surface area contributed by atoms with E-state index in [4.69, 9.17) is 42.0 Å². The first kappa shape index (κ1) is 37.3. The van der Waals surface area contributed by atoms with Crippen molar-refractivity contribution in [3.8, 4) is 11.5 Å². The molecule has 0 aromatic heterocycles. The van der Waals surface area contributed by atoms with Crippen LogP contribution in [0, 0.1) is 0 Å². The molecule has 0 bridgehead atoms. The Kier molecular flexibility index (Phi) is 12.2. The quantitative estimate of drug-likeness (QED) is 0.108. The number of hydrogen-bond donors (Lipinski definition) is 0. The van der Waals surface area contributed by atoms with Gasteiger partial charge in [0.1, 0.15) is 36.4 Å². The summed E-state index contributed by atoms with van der Waals surface area (Å²) in [5, 5.41) is -0.260. The molecule has 6 atom stereocenters. The summed E-state index contributed by atoms with van der Waals surface area (Å²) in [6.07, 6.45) is 7.46. The summed E-state index contributed by atoms with van der Waals surface area (Å²) in [5.74, 6) is -0.0401. The molecule has 0 amide bonds. The molecular weight excluding hydrogens is 620 g/mol. The largest absolute Gasteiger partial charge is 0.497 e. The van der Waals surface area contributed by atoms with Crippen LogP contribution in [0.1, 0.15) is 68.2 Å². The maximum Gasteiger partial charge on any atom is 0.349 e. The first-order chi connectivity index (χ1) is 22.1. The molecule has 0 aliphatic carbocycles. The molecule has 1 aromatic carbocycles. The zero-order valence-corrected chi connectivity index (χ0v) is 30.5. The van der Waals surface area contributed by atoms with E-state index in [0.717, 1.165) is 5.75 Å². The highest BCUT2D eigenvalue weighted by Gasteiger charge is 2.62. The molecule has 10 nitrogen and oxygen atoms in total. The van der Waals surface area contributed by atoms with Crippen molar-refractivity contribution >= 4 is 14.5 Å². The maximum atomic E-state index is 13.2. The summed E-state index contributed by atoms with van der Waals surface area (Å²) in [7, 11) is -1.05. The van der Waals surface area contributed by atoms with Crippen molar-refractivity contribution in [3.05, 3.63) is 61.4 Å². The van der Waals surface area contributed by atoms with Gasteiger partial charge in [-0.3, -0.25) is 0 Å². The van der Waals surface area contributed by atoms with E-state index < -0.39 is 44.7 Å². The Bertz CT molecular complexity index is 1230. The Hall–Kier alpha value is -2.51. The van der Waals surface area contributed by atoms with E-state index >= 15 is 0 Å². The van der Waals surface area contributed by atoms with Crippen LogP contribution in [0.5, 0.6) is 11.5 Å². The number of carbonyl (C=O) groups excluding carboxylic acids is 1. The zero-order valence-electron chi connectivity index (χ0n) is 29.5. The summed E-state index contributed by atoms with van der Waals surface area (Å²) in [6, 6.07) is 7.15. The van der Waals surface area contributed by atoms with Crippen LogP contribution in [0.3, 0.4) is 0 Å². The molecule has 3 aliphatic heterocycles. The number of hydrogen-bond acceptors (Lipinski definition) is 10. The lowest BCUT2D eigenvalue weighted by Crippen LogP contribution is -2.65. The van der Waals surface area contributed by atoms with E-state index in [0.29, 0.717) is 25.2 Å². The predicted molar refractivity (Wildman–Crippen MR) is 181 cm³/mol. The molecule has 47 heavy (non-hydrogen) atoms. The standard InChI is InChI=1S/C36H54O10Si/c1-11-13-28-27(14-12-15-30-31(43-28)23-42-47(46-30,34(2,3)4)35(5,6)7)40-24-33(37)44-29(32-22-41-36(8,9)45-32)20-21-39-26-18-16-25(38-10)17-19-26/h11-12,14,16-21,27-32H,1,13,15,22-24H2,2-10H3/b14-12-,21-20-/t27-,28+,29+,30+,31-,32+/m0/s1. The first-order valence-corrected chi connectivity index (χ1v) is 18.2. The van der Waals surface area contributed by atoms with Crippen LogP contribution in [0.2, 0.25) is 10.1 Å². The van der Waals surface area contributed by atoms with Crippen LogP contribution in [-0.2, 0) is 37.3 Å². The topological polar surface area (TPSA) is 100 Å². The van der Waals surface area contributed by atoms with Gasteiger partial charge in [0.15, 0.2) is 11.9 Å². The highest BCUT2D eigenvalue weighted by molar-refractivity contribution is 6.73. The second-order valence-corrected chi connectivity index (χ2v) is 19.5. The zero-order chi connectivity index (χ0) is 34.5. The minimum absolute atomic E-state index is 0.130. The monoisotopic (exact) mass is 674 g/mol. The lowest BCUT2D eigenvalue weighted by Gasteiger charge is -2.55. The van der Waals surface area contributed by atoms with E-state index in [1.54, 1.807) is 43.5 Å². The highest BCUT2D eigenvalue weighted by Crippen LogP contribution is 2.54. The van der Waals surface area contributed by atoms with E-state index in [1.165, 1.54) is 6.26 Å². The summed E-state index contributed by atoms with van der Waals surface area (Å²) in [4.78, 5) is 13.2. The van der Waals surface area contributed by atoms with Gasteiger partial charge < -0.3 is 42.0 Å². The van der Waals surface area contributed by atoms with Gasteiger partial charge in [0.05, 0.1) is 38.8 Å². The van der Waals surface area contributed by atoms with Crippen LogP contribution in [0.25, 0.3) is 0 Å². The number of fused-ring (bicyclic) bond motifs is 1. The lowest BCUT2D eigenvalue weighted by atomic mass is 10.0. The van der Waals surface area contributed by atoms with Crippen molar-refractivity contribution in [1.29, 1.82) is 0 Å². The average Bonchev–Trinajstić information content (AvgIpc) is 3.36. The Labute approximate surface area is 281 Å². The summed E-state index contributed by atoms with van der Waals surface area (Å²) < 4.78 is 54.8. The molecule has 3 heterocycles. The minimum atomic E-state index is -2.66. The van der Waals surface area contributed by atoms with Gasteiger partial charge in [-0.25, -0.2) is 4.79 Å². The summed E-state index contributed by atoms with van der Waals surface area (Å²) >= 11 is 0. The van der Waals surface area contributed by atoms with Crippen LogP contribution < -0.4 is 9.47 Å². The van der Waals surface area contributed by atoms with Gasteiger partial charge in [0, 0.05) is 10.1 Å². The molecule has 0 radical (unpaired) electrons. The van der Waals surface area contributed by atoms with E-state index in [9.17, 15) is 4.79 Å². The van der Waals surface area contributed by atoms with Crippen LogP contribution in [0.4, 0.5) is 0 Å². The second kappa shape index (κ2) is 15.4. The second-order valence-electron chi connectivity index (χ2n) is 14.7. The third kappa shape index (κ3) is 9.35. The SMILES string of the molecule is C=CC[C@H]1O[C@H]2CO[Si](C(C)(C)C)(C(C)(C)C)O[C@@H]2C/C=C\[C@@H]1OCC(=O)O[C@H](/C=C\Oc1ccc(OC)cc1)[C@H]1COC(C)(C)O1. The van der Waals surface area contributed by atoms with E-state index in [1.807, 2.05) is 19.9 Å². The van der Waals surface area contributed by atoms with Crippen LogP contribution in [0.15, 0.2) is 61.4 Å². The summed E-state index contributed by atoms with van der Waals surface area (Å²) in [6.45, 7) is 21.2. The van der Waals surface area contributed by atoms with Gasteiger partial charge in [0.2, 0.25) is 0 Å².